The van der Waals surface area contributed by atoms with Crippen LogP contribution in [0.1, 0.15) is 74.7 Å². The Bertz CT molecular complexity index is 1260. The Morgan fingerprint density at radius 2 is 1.51 bits per heavy atom. The summed E-state index contributed by atoms with van der Waals surface area (Å²) in [5.41, 5.74) is 5.86. The van der Waals surface area contributed by atoms with Crippen LogP contribution in [0.2, 0.25) is 0 Å². The summed E-state index contributed by atoms with van der Waals surface area (Å²) < 4.78 is 64.6. The van der Waals surface area contributed by atoms with Crippen LogP contribution in [-0.4, -0.2) is 44.8 Å². The normalized spacial score (nSPS) is 23.9. The lowest BCUT2D eigenvalue weighted by molar-refractivity contribution is -0.140. The van der Waals surface area contributed by atoms with Gasteiger partial charge in [0.1, 0.15) is 11.6 Å². The van der Waals surface area contributed by atoms with E-state index in [1.165, 1.54) is 45.6 Å². The molecule has 2 amide bonds. The second kappa shape index (κ2) is 16.7. The third kappa shape index (κ3) is 10.3. The number of nitrogens with two attached hydrogens (primary N) is 1. The van der Waals surface area contributed by atoms with Gasteiger partial charge in [0.2, 0.25) is 6.41 Å². The summed E-state index contributed by atoms with van der Waals surface area (Å²) >= 11 is 0. The zero-order valence-electron chi connectivity index (χ0n) is 24.8. The Kier molecular flexibility index (Phi) is 13.4. The number of amides is 2. The van der Waals surface area contributed by atoms with E-state index in [1.807, 2.05) is 10.9 Å². The highest BCUT2D eigenvalue weighted by atomic mass is 19.4. The molecular weight excluding hydrogens is 592 g/mol. The third-order valence-corrected chi connectivity index (χ3v) is 8.47. The van der Waals surface area contributed by atoms with Gasteiger partial charge in [0.15, 0.2) is 0 Å². The van der Waals surface area contributed by atoms with E-state index in [9.17, 15) is 27.2 Å². The minimum atomic E-state index is -4.76. The number of nitrogens with one attached hydrogen (secondary N) is 1. The molecule has 2 bridgehead atoms. The number of primary amides is 1. The molecule has 45 heavy (non-hydrogen) atoms. The number of carbonyl (C=O) groups is 2. The first-order chi connectivity index (χ1) is 21.1. The van der Waals surface area contributed by atoms with Gasteiger partial charge in [-0.1, -0.05) is 31.2 Å². The highest BCUT2D eigenvalue weighted by molar-refractivity contribution is 5.95. The Labute approximate surface area is 262 Å². The highest BCUT2D eigenvalue weighted by Crippen LogP contribution is 2.50. The Morgan fingerprint density at radius 3 is 1.98 bits per heavy atom. The van der Waals surface area contributed by atoms with Gasteiger partial charge >= 0.3 is 6.18 Å². The van der Waals surface area contributed by atoms with Gasteiger partial charge < -0.3 is 25.3 Å². The van der Waals surface area contributed by atoms with Crippen LogP contribution in [0.15, 0.2) is 54.1 Å². The number of methoxy groups -OCH3 is 1. The van der Waals surface area contributed by atoms with Gasteiger partial charge in [0.25, 0.3) is 5.91 Å². The van der Waals surface area contributed by atoms with E-state index < -0.39 is 23.5 Å². The summed E-state index contributed by atoms with van der Waals surface area (Å²) in [5, 5.41) is 2.00. The molecule has 0 spiro atoms. The summed E-state index contributed by atoms with van der Waals surface area (Å²) in [6, 6.07) is 9.06. The van der Waals surface area contributed by atoms with Crippen LogP contribution in [0.5, 0.6) is 5.75 Å². The molecule has 2 saturated heterocycles. The van der Waals surface area contributed by atoms with Crippen molar-refractivity contribution in [3.05, 3.63) is 71.1 Å². The molecule has 248 valence electrons. The topological polar surface area (TPSA) is 99.9 Å². The van der Waals surface area contributed by atoms with E-state index >= 15 is 0 Å². The lowest BCUT2D eigenvalue weighted by Gasteiger charge is -2.09. The van der Waals surface area contributed by atoms with Crippen LogP contribution >= 0.6 is 0 Å². The first-order valence-corrected chi connectivity index (χ1v) is 15.0. The van der Waals surface area contributed by atoms with Crippen molar-refractivity contribution in [2.75, 3.05) is 25.6 Å². The molecule has 3 aliphatic carbocycles. The number of allylic oxidation sites excluding steroid dienone is 2. The Hall–Kier alpha value is -3.44. The third-order valence-electron chi connectivity index (χ3n) is 8.47. The van der Waals surface area contributed by atoms with Crippen molar-refractivity contribution in [2.24, 2.45) is 23.5 Å². The standard InChI is InChI=1S/C11H16.C8H5F4NO.C8H9NO2.C6H10O2.CH4/c1-2-8(1)7-11-9-3-4-10(11)6-5-9;9-7-2-1-5(13-4-14)3-6(7)8(10,11)12;1-11-7-5-3-2-4-6(7)8(9)10;1-3-7-6-2-4-8-5(1)6;/h7-10H,1-6H2;1-4H,(H,13,14);2-5H,1H3,(H2,9,10);5-6H,1-4H2;1H4. The van der Waals surface area contributed by atoms with Crippen molar-refractivity contribution in [1.82, 2.24) is 0 Å². The second-order valence-electron chi connectivity index (χ2n) is 11.5. The van der Waals surface area contributed by atoms with Crippen molar-refractivity contribution in [3.8, 4) is 5.75 Å². The Balaban J connectivity index is 0.000000165. The van der Waals surface area contributed by atoms with Gasteiger partial charge in [-0.2, -0.15) is 13.2 Å². The van der Waals surface area contributed by atoms with E-state index in [0.29, 0.717) is 35.7 Å². The van der Waals surface area contributed by atoms with Gasteiger partial charge in [-0.15, -0.1) is 0 Å². The van der Waals surface area contributed by atoms with Gasteiger partial charge in [0.05, 0.1) is 30.4 Å². The number of para-hydroxylation sites is 1. The predicted molar refractivity (Wildman–Crippen MR) is 164 cm³/mol. The molecule has 11 heteroatoms. The molecule has 3 N–H and O–H groups in total. The molecule has 2 aromatic carbocycles. The van der Waals surface area contributed by atoms with Crippen LogP contribution in [0, 0.1) is 23.6 Å². The molecule has 2 unspecified atom stereocenters. The minimum Gasteiger partial charge on any atom is -0.496 e. The maximum absolute atomic E-state index is 12.7. The zero-order valence-corrected chi connectivity index (χ0v) is 24.8. The van der Waals surface area contributed by atoms with Crippen molar-refractivity contribution in [2.45, 2.75) is 77.2 Å². The first kappa shape index (κ1) is 36.0. The highest BCUT2D eigenvalue weighted by Gasteiger charge is 2.37. The average molecular weight is 637 g/mol. The Morgan fingerprint density at radius 1 is 0.933 bits per heavy atom. The number of hydrogen-bond acceptors (Lipinski definition) is 5. The van der Waals surface area contributed by atoms with Crippen molar-refractivity contribution in [1.29, 1.82) is 0 Å². The quantitative estimate of drug-likeness (QED) is 0.201. The van der Waals surface area contributed by atoms with Gasteiger partial charge in [0, 0.05) is 18.9 Å². The lowest BCUT2D eigenvalue weighted by Crippen LogP contribution is -2.13. The molecule has 2 aromatic rings. The summed E-state index contributed by atoms with van der Waals surface area (Å²) in [7, 11) is 1.50. The summed E-state index contributed by atoms with van der Waals surface area (Å²) in [4.78, 5) is 20.7. The van der Waals surface area contributed by atoms with E-state index in [4.69, 9.17) is 19.9 Å². The number of ether oxygens (including phenoxy) is 3. The van der Waals surface area contributed by atoms with Crippen LogP contribution in [0.3, 0.4) is 0 Å². The van der Waals surface area contributed by atoms with E-state index in [0.717, 1.165) is 49.9 Å². The maximum atomic E-state index is 12.7. The number of carbonyl (C=O) groups excluding carboxylic acids is 2. The summed E-state index contributed by atoms with van der Waals surface area (Å²) in [6.07, 6.45) is 10.3. The molecule has 0 aromatic heterocycles. The fraction of sp³-hybridized carbons (Fsp3) is 0.529. The lowest BCUT2D eigenvalue weighted by atomic mass is 10.0. The fourth-order valence-corrected chi connectivity index (χ4v) is 6.07. The van der Waals surface area contributed by atoms with Gasteiger partial charge in [-0.25, -0.2) is 4.39 Å². The largest absolute Gasteiger partial charge is 0.496 e. The summed E-state index contributed by atoms with van der Waals surface area (Å²) in [5.74, 6) is 1.78. The van der Waals surface area contributed by atoms with Crippen molar-refractivity contribution < 1.29 is 41.4 Å². The number of alkyl halides is 3. The molecule has 2 atom stereocenters. The molecule has 3 saturated carbocycles. The smallest absolute Gasteiger partial charge is 0.419 e. The van der Waals surface area contributed by atoms with Gasteiger partial charge in [-0.05, 0) is 99.5 Å². The second-order valence-corrected chi connectivity index (χ2v) is 11.5. The average Bonchev–Trinajstić information content (AvgIpc) is 3.30. The monoisotopic (exact) mass is 636 g/mol. The molecule has 5 aliphatic rings. The predicted octanol–water partition coefficient (Wildman–Crippen LogP) is 7.55. The molecular formula is C34H44F4N2O5. The molecule has 2 heterocycles. The van der Waals surface area contributed by atoms with Crippen LogP contribution in [0.4, 0.5) is 23.2 Å². The first-order valence-electron chi connectivity index (χ1n) is 15.0. The maximum Gasteiger partial charge on any atom is 0.419 e. The van der Waals surface area contributed by atoms with Crippen molar-refractivity contribution in [3.63, 3.8) is 0 Å². The van der Waals surface area contributed by atoms with Crippen molar-refractivity contribution >= 4 is 18.0 Å². The molecule has 2 aliphatic heterocycles. The molecule has 0 radical (unpaired) electrons. The van der Waals surface area contributed by atoms with Gasteiger partial charge in [-0.3, -0.25) is 9.59 Å². The van der Waals surface area contributed by atoms with E-state index in [2.05, 4.69) is 6.08 Å². The molecule has 5 fully saturated rings. The fourth-order valence-electron chi connectivity index (χ4n) is 6.07. The van der Waals surface area contributed by atoms with Crippen LogP contribution in [0.25, 0.3) is 0 Å². The van der Waals surface area contributed by atoms with Crippen LogP contribution < -0.4 is 15.8 Å². The number of anilines is 1. The zero-order chi connectivity index (χ0) is 31.7. The van der Waals surface area contributed by atoms with Crippen LogP contribution in [-0.2, 0) is 20.4 Å². The van der Waals surface area contributed by atoms with E-state index in [-0.39, 0.29) is 19.5 Å². The number of rotatable bonds is 5. The minimum absolute atomic E-state index is 0. The number of fused-ring (bicyclic) bond motifs is 3. The molecule has 7 nitrogen and oxygen atoms in total. The molecule has 7 rings (SSSR count). The summed E-state index contributed by atoms with van der Waals surface area (Å²) in [6.45, 7) is 1.82. The SMILES string of the molecule is C.C(=C1C2CCC1CC2)C1CC1.C1CC2OCCC2O1.COc1ccccc1C(N)=O.O=CNc1ccc(F)c(C(F)(F)F)c1. The van der Waals surface area contributed by atoms with E-state index in [1.54, 1.807) is 24.3 Å². The number of hydrogen-bond donors (Lipinski definition) is 2. The number of halogens is 4. The number of benzene rings is 2.